The number of carbonyl (C=O) groups excluding carboxylic acids is 1. The van der Waals surface area contributed by atoms with Crippen LogP contribution in [0.25, 0.3) is 22.0 Å². The lowest BCUT2D eigenvalue weighted by atomic mass is 9.97. The molecule has 1 aromatic carbocycles. The van der Waals surface area contributed by atoms with E-state index in [1.54, 1.807) is 24.7 Å². The second-order valence-electron chi connectivity index (χ2n) is 9.07. The third kappa shape index (κ3) is 5.31. The van der Waals surface area contributed by atoms with Gasteiger partial charge in [0.15, 0.2) is 0 Å². The summed E-state index contributed by atoms with van der Waals surface area (Å²) in [7, 11) is 1.66. The van der Waals surface area contributed by atoms with Crippen LogP contribution in [0, 0.1) is 6.92 Å². The molecule has 0 bridgehead atoms. The Morgan fingerprint density at radius 2 is 2.08 bits per heavy atom. The van der Waals surface area contributed by atoms with Crippen LogP contribution in [0.1, 0.15) is 53.9 Å². The number of benzene rings is 1. The number of hydrogen-bond acceptors (Lipinski definition) is 5. The zero-order valence-electron chi connectivity index (χ0n) is 20.8. The molecular weight excluding hydrogens is 470 g/mol. The lowest BCUT2D eigenvalue weighted by Crippen LogP contribution is -2.25. The van der Waals surface area contributed by atoms with E-state index < -0.39 is 0 Å². The number of thiazole rings is 1. The Labute approximate surface area is 215 Å². The molecule has 1 aliphatic rings. The molecule has 0 aliphatic heterocycles. The first-order valence-electron chi connectivity index (χ1n) is 12.4. The molecule has 1 amide bonds. The number of furan rings is 1. The van der Waals surface area contributed by atoms with Crippen LogP contribution in [0.15, 0.2) is 70.2 Å². The summed E-state index contributed by atoms with van der Waals surface area (Å²) in [5.41, 5.74) is 5.81. The van der Waals surface area contributed by atoms with Crippen LogP contribution in [0.5, 0.6) is 5.75 Å². The third-order valence-corrected chi connectivity index (χ3v) is 7.62. The molecule has 0 saturated heterocycles. The van der Waals surface area contributed by atoms with Crippen molar-refractivity contribution in [2.24, 2.45) is 0 Å². The van der Waals surface area contributed by atoms with Gasteiger partial charge in [0.1, 0.15) is 16.5 Å². The Morgan fingerprint density at radius 3 is 2.81 bits per heavy atom. The summed E-state index contributed by atoms with van der Waals surface area (Å²) in [4.78, 5) is 18.1. The van der Waals surface area contributed by atoms with Gasteiger partial charge in [-0.25, -0.2) is 4.98 Å². The summed E-state index contributed by atoms with van der Waals surface area (Å²) in [5, 5.41) is 6.10. The van der Waals surface area contributed by atoms with Crippen molar-refractivity contribution < 1.29 is 13.9 Å². The quantitative estimate of drug-likeness (QED) is 0.255. The molecule has 3 aromatic heterocycles. The number of aromatic nitrogens is 2. The standard InChI is InChI=1S/C29H31N3O3S/c1-20-25(28(33)30-15-14-21-7-4-3-5-8-21)17-27(32(20)18-24-9-6-16-35-24)26-19-36-29(31-26)22-10-12-23(34-2)13-11-22/h6-7,9-13,16-17,19H,3-5,8,14-15,18H2,1-2H3,(H,30,33). The normalized spacial score (nSPS) is 13.4. The van der Waals surface area contributed by atoms with Crippen LogP contribution in [0.4, 0.5) is 0 Å². The van der Waals surface area contributed by atoms with Crippen molar-refractivity contribution in [3.63, 3.8) is 0 Å². The van der Waals surface area contributed by atoms with Crippen LogP contribution in [-0.2, 0) is 6.54 Å². The highest BCUT2D eigenvalue weighted by molar-refractivity contribution is 7.13. The molecule has 0 spiro atoms. The minimum atomic E-state index is -0.0473. The number of ether oxygens (including phenoxy) is 1. The summed E-state index contributed by atoms with van der Waals surface area (Å²) in [6, 6.07) is 13.7. The number of nitrogens with one attached hydrogen (secondary N) is 1. The van der Waals surface area contributed by atoms with E-state index in [0.717, 1.165) is 58.4 Å². The van der Waals surface area contributed by atoms with Crippen LogP contribution in [-0.4, -0.2) is 29.1 Å². The first kappa shape index (κ1) is 24.1. The van der Waals surface area contributed by atoms with E-state index in [-0.39, 0.29) is 5.91 Å². The molecule has 6 nitrogen and oxygen atoms in total. The van der Waals surface area contributed by atoms with Gasteiger partial charge in [-0.05, 0) is 81.5 Å². The first-order valence-corrected chi connectivity index (χ1v) is 13.3. The average Bonchev–Trinajstić information content (AvgIpc) is 3.67. The van der Waals surface area contributed by atoms with Gasteiger partial charge in [-0.2, -0.15) is 0 Å². The van der Waals surface area contributed by atoms with Gasteiger partial charge in [-0.3, -0.25) is 4.79 Å². The molecule has 36 heavy (non-hydrogen) atoms. The minimum Gasteiger partial charge on any atom is -0.497 e. The van der Waals surface area contributed by atoms with Crippen molar-refractivity contribution in [3.8, 4) is 27.7 Å². The zero-order valence-corrected chi connectivity index (χ0v) is 21.6. The fourth-order valence-electron chi connectivity index (χ4n) is 4.67. The molecule has 1 aliphatic carbocycles. The molecule has 3 heterocycles. The van der Waals surface area contributed by atoms with Crippen LogP contribution >= 0.6 is 11.3 Å². The van der Waals surface area contributed by atoms with Crippen LogP contribution in [0.3, 0.4) is 0 Å². The summed E-state index contributed by atoms with van der Waals surface area (Å²) in [6.45, 7) is 3.17. The van der Waals surface area contributed by atoms with Gasteiger partial charge in [0.05, 0.1) is 36.9 Å². The highest BCUT2D eigenvalue weighted by atomic mass is 32.1. The highest BCUT2D eigenvalue weighted by Crippen LogP contribution is 2.33. The molecular formula is C29H31N3O3S. The van der Waals surface area contributed by atoms with Gasteiger partial charge in [0.2, 0.25) is 0 Å². The predicted molar refractivity (Wildman–Crippen MR) is 144 cm³/mol. The van der Waals surface area contributed by atoms with Crippen molar-refractivity contribution in [1.82, 2.24) is 14.9 Å². The largest absolute Gasteiger partial charge is 0.497 e. The predicted octanol–water partition coefficient (Wildman–Crippen LogP) is 6.86. The summed E-state index contributed by atoms with van der Waals surface area (Å²) >= 11 is 1.59. The fraction of sp³-hybridized carbons (Fsp3) is 0.310. The van der Waals surface area contributed by atoms with Gasteiger partial charge in [-0.1, -0.05) is 11.6 Å². The SMILES string of the molecule is COc1ccc(-c2nc(-c3cc(C(=O)NCCC4=CCCCC4)c(C)n3Cc3ccco3)cs2)cc1. The number of amides is 1. The molecule has 0 atom stereocenters. The van der Waals surface area contributed by atoms with E-state index in [4.69, 9.17) is 14.1 Å². The van der Waals surface area contributed by atoms with Gasteiger partial charge in [-0.15, -0.1) is 11.3 Å². The van der Waals surface area contributed by atoms with Crippen molar-refractivity contribution in [2.45, 2.75) is 45.6 Å². The van der Waals surface area contributed by atoms with Gasteiger partial charge < -0.3 is 19.0 Å². The maximum atomic E-state index is 13.2. The van der Waals surface area contributed by atoms with Crippen molar-refractivity contribution in [1.29, 1.82) is 0 Å². The second-order valence-corrected chi connectivity index (χ2v) is 9.93. The highest BCUT2D eigenvalue weighted by Gasteiger charge is 2.21. The minimum absolute atomic E-state index is 0.0473. The summed E-state index contributed by atoms with van der Waals surface area (Å²) in [5.74, 6) is 1.60. The number of hydrogen-bond donors (Lipinski definition) is 1. The number of carbonyl (C=O) groups is 1. The second kappa shape index (κ2) is 11.0. The maximum absolute atomic E-state index is 13.2. The van der Waals surface area contributed by atoms with Gasteiger partial charge in [0.25, 0.3) is 5.91 Å². The lowest BCUT2D eigenvalue weighted by molar-refractivity contribution is 0.0953. The van der Waals surface area contributed by atoms with Crippen molar-refractivity contribution in [3.05, 3.63) is 82.8 Å². The Bertz CT molecular complexity index is 1350. The third-order valence-electron chi connectivity index (χ3n) is 6.73. The van der Waals surface area contributed by atoms with E-state index >= 15 is 0 Å². The molecule has 186 valence electrons. The molecule has 4 aromatic rings. The smallest absolute Gasteiger partial charge is 0.253 e. The average molecular weight is 502 g/mol. The Hall–Kier alpha value is -3.58. The van der Waals surface area contributed by atoms with E-state index in [0.29, 0.717) is 18.7 Å². The summed E-state index contributed by atoms with van der Waals surface area (Å²) < 4.78 is 13.0. The molecule has 0 unspecified atom stereocenters. The molecule has 5 rings (SSSR count). The Balaban J connectivity index is 1.40. The van der Waals surface area contributed by atoms with Gasteiger partial charge in [0, 0.05) is 23.2 Å². The van der Waals surface area contributed by atoms with Crippen molar-refractivity contribution >= 4 is 17.2 Å². The number of methoxy groups -OCH3 is 1. The molecule has 0 radical (unpaired) electrons. The van der Waals surface area contributed by atoms with Gasteiger partial charge >= 0.3 is 0 Å². The number of nitrogens with zero attached hydrogens (tertiary/aromatic N) is 2. The number of rotatable bonds is 9. The van der Waals surface area contributed by atoms with E-state index in [1.807, 2.05) is 54.8 Å². The first-order chi connectivity index (χ1) is 17.6. The maximum Gasteiger partial charge on any atom is 0.253 e. The Morgan fingerprint density at radius 1 is 1.22 bits per heavy atom. The van der Waals surface area contributed by atoms with E-state index in [1.165, 1.54) is 18.4 Å². The summed E-state index contributed by atoms with van der Waals surface area (Å²) in [6.07, 6.45) is 9.77. The van der Waals surface area contributed by atoms with Crippen molar-refractivity contribution in [2.75, 3.05) is 13.7 Å². The number of allylic oxidation sites excluding steroid dienone is 1. The van der Waals surface area contributed by atoms with E-state index in [2.05, 4.69) is 16.0 Å². The molecule has 1 N–H and O–H groups in total. The zero-order chi connectivity index (χ0) is 24.9. The van der Waals surface area contributed by atoms with Crippen LogP contribution in [0.2, 0.25) is 0 Å². The molecule has 7 heteroatoms. The topological polar surface area (TPSA) is 69.3 Å². The lowest BCUT2D eigenvalue weighted by Gasteiger charge is -2.13. The fourth-order valence-corrected chi connectivity index (χ4v) is 5.49. The molecule has 0 saturated carbocycles. The van der Waals surface area contributed by atoms with E-state index in [9.17, 15) is 4.79 Å². The monoisotopic (exact) mass is 501 g/mol. The Kier molecular flexibility index (Phi) is 7.37. The molecule has 0 fully saturated rings. The van der Waals surface area contributed by atoms with Crippen LogP contribution < -0.4 is 10.1 Å².